The topological polar surface area (TPSA) is 70.5 Å². The van der Waals surface area contributed by atoms with Crippen LogP contribution in [-0.4, -0.2) is 40.0 Å². The van der Waals surface area contributed by atoms with Crippen molar-refractivity contribution in [2.75, 3.05) is 13.1 Å². The van der Waals surface area contributed by atoms with E-state index in [-0.39, 0.29) is 18.2 Å². The van der Waals surface area contributed by atoms with Crippen molar-refractivity contribution in [2.45, 2.75) is 20.3 Å². The minimum absolute atomic E-state index is 0.00950. The highest BCUT2D eigenvalue weighted by Crippen LogP contribution is 2.26. The molecule has 0 unspecified atom stereocenters. The molecule has 1 aliphatic heterocycles. The SMILES string of the molecule is Cc1cccc(-c2nc(CC(=O)N3C[C@@H](C)[C@H](C(=O)O)C3)cs2)c1. The molecule has 0 radical (unpaired) electrons. The third-order valence-electron chi connectivity index (χ3n) is 4.43. The Kier molecular flexibility index (Phi) is 4.66. The highest BCUT2D eigenvalue weighted by molar-refractivity contribution is 7.13. The molecule has 2 aromatic rings. The van der Waals surface area contributed by atoms with Crippen LogP contribution in [0.3, 0.4) is 0 Å². The zero-order valence-electron chi connectivity index (χ0n) is 13.7. The number of rotatable bonds is 4. The quantitative estimate of drug-likeness (QED) is 0.926. The number of carbonyl (C=O) groups is 2. The van der Waals surface area contributed by atoms with Crippen LogP contribution in [0.5, 0.6) is 0 Å². The first-order chi connectivity index (χ1) is 11.4. The van der Waals surface area contributed by atoms with Gasteiger partial charge in [0.25, 0.3) is 0 Å². The molecule has 6 heteroatoms. The van der Waals surface area contributed by atoms with E-state index in [1.165, 1.54) is 16.9 Å². The first-order valence-electron chi connectivity index (χ1n) is 7.96. The number of aliphatic carboxylic acids is 1. The van der Waals surface area contributed by atoms with Gasteiger partial charge in [-0.25, -0.2) is 4.98 Å². The van der Waals surface area contributed by atoms with E-state index in [1.807, 2.05) is 37.4 Å². The molecule has 1 saturated heterocycles. The fourth-order valence-corrected chi connectivity index (χ4v) is 3.87. The van der Waals surface area contributed by atoms with Gasteiger partial charge in [0, 0.05) is 24.0 Å². The summed E-state index contributed by atoms with van der Waals surface area (Å²) in [7, 11) is 0. The van der Waals surface area contributed by atoms with E-state index in [4.69, 9.17) is 0 Å². The molecule has 1 fully saturated rings. The number of carbonyl (C=O) groups excluding carboxylic acids is 1. The van der Waals surface area contributed by atoms with Gasteiger partial charge in [0.2, 0.25) is 5.91 Å². The Morgan fingerprint density at radius 2 is 2.17 bits per heavy atom. The van der Waals surface area contributed by atoms with E-state index in [0.717, 1.165) is 16.3 Å². The summed E-state index contributed by atoms with van der Waals surface area (Å²) in [6.07, 6.45) is 0.224. The van der Waals surface area contributed by atoms with E-state index in [9.17, 15) is 14.7 Å². The molecule has 24 heavy (non-hydrogen) atoms. The molecule has 1 aliphatic rings. The van der Waals surface area contributed by atoms with Crippen molar-refractivity contribution in [2.24, 2.45) is 11.8 Å². The van der Waals surface area contributed by atoms with Crippen molar-refractivity contribution >= 4 is 23.2 Å². The molecular formula is C18H20N2O3S. The Bertz CT molecular complexity index is 771. The van der Waals surface area contributed by atoms with E-state index >= 15 is 0 Å². The highest BCUT2D eigenvalue weighted by Gasteiger charge is 2.36. The number of aryl methyl sites for hydroxylation is 1. The lowest BCUT2D eigenvalue weighted by molar-refractivity contribution is -0.142. The first-order valence-corrected chi connectivity index (χ1v) is 8.84. The van der Waals surface area contributed by atoms with Crippen LogP contribution < -0.4 is 0 Å². The minimum atomic E-state index is -0.826. The Hall–Kier alpha value is -2.21. The van der Waals surface area contributed by atoms with Crippen molar-refractivity contribution in [3.63, 3.8) is 0 Å². The maximum Gasteiger partial charge on any atom is 0.308 e. The molecule has 3 rings (SSSR count). The Labute approximate surface area is 145 Å². The molecule has 1 amide bonds. The Morgan fingerprint density at radius 3 is 2.83 bits per heavy atom. The first kappa shape index (κ1) is 16.6. The van der Waals surface area contributed by atoms with Gasteiger partial charge in [0.1, 0.15) is 5.01 Å². The molecule has 1 aromatic heterocycles. The number of likely N-dealkylation sites (tertiary alicyclic amines) is 1. The maximum atomic E-state index is 12.4. The summed E-state index contributed by atoms with van der Waals surface area (Å²) in [6, 6.07) is 8.12. The predicted molar refractivity (Wildman–Crippen MR) is 92.9 cm³/mol. The second-order valence-corrected chi connectivity index (χ2v) is 7.27. The number of carboxylic acid groups (broad SMARTS) is 1. The van der Waals surface area contributed by atoms with Crippen LogP contribution >= 0.6 is 11.3 Å². The smallest absolute Gasteiger partial charge is 0.308 e. The molecular weight excluding hydrogens is 324 g/mol. The van der Waals surface area contributed by atoms with Crippen molar-refractivity contribution in [3.8, 4) is 10.6 Å². The predicted octanol–water partition coefficient (Wildman–Crippen LogP) is 2.84. The van der Waals surface area contributed by atoms with E-state index in [1.54, 1.807) is 4.90 Å². The molecule has 126 valence electrons. The summed E-state index contributed by atoms with van der Waals surface area (Å²) in [5, 5.41) is 12.0. The molecule has 0 bridgehead atoms. The fourth-order valence-electron chi connectivity index (χ4n) is 3.06. The van der Waals surface area contributed by atoms with Gasteiger partial charge in [-0.05, 0) is 18.9 Å². The summed E-state index contributed by atoms with van der Waals surface area (Å²) >= 11 is 1.53. The zero-order chi connectivity index (χ0) is 17.3. The van der Waals surface area contributed by atoms with Crippen molar-refractivity contribution < 1.29 is 14.7 Å². The largest absolute Gasteiger partial charge is 0.481 e. The van der Waals surface area contributed by atoms with Crippen molar-refractivity contribution in [1.29, 1.82) is 0 Å². The number of carboxylic acids is 1. The second-order valence-electron chi connectivity index (χ2n) is 6.41. The van der Waals surface area contributed by atoms with Crippen molar-refractivity contribution in [3.05, 3.63) is 40.9 Å². The average Bonchev–Trinajstić information content (AvgIpc) is 3.14. The van der Waals surface area contributed by atoms with E-state index < -0.39 is 11.9 Å². The number of aromatic nitrogens is 1. The lowest BCUT2D eigenvalue weighted by Crippen LogP contribution is -2.31. The van der Waals surface area contributed by atoms with Gasteiger partial charge in [-0.15, -0.1) is 11.3 Å². The van der Waals surface area contributed by atoms with Crippen LogP contribution in [0.15, 0.2) is 29.6 Å². The van der Waals surface area contributed by atoms with Crippen LogP contribution in [0.4, 0.5) is 0 Å². The molecule has 0 spiro atoms. The van der Waals surface area contributed by atoms with Crippen LogP contribution in [0.25, 0.3) is 10.6 Å². The van der Waals surface area contributed by atoms with Gasteiger partial charge < -0.3 is 10.0 Å². The summed E-state index contributed by atoms with van der Waals surface area (Å²) in [6.45, 7) is 4.72. The van der Waals surface area contributed by atoms with Gasteiger partial charge in [0.15, 0.2) is 0 Å². The third-order valence-corrected chi connectivity index (χ3v) is 5.37. The molecule has 0 aliphatic carbocycles. The molecule has 1 aromatic carbocycles. The summed E-state index contributed by atoms with van der Waals surface area (Å²) in [5.74, 6) is -1.35. The number of amides is 1. The molecule has 5 nitrogen and oxygen atoms in total. The normalized spacial score (nSPS) is 20.3. The number of thiazole rings is 1. The second kappa shape index (κ2) is 6.73. The van der Waals surface area contributed by atoms with Crippen LogP contribution in [0.1, 0.15) is 18.2 Å². The molecule has 0 saturated carbocycles. The number of nitrogens with zero attached hydrogens (tertiary/aromatic N) is 2. The molecule has 1 N–H and O–H groups in total. The highest BCUT2D eigenvalue weighted by atomic mass is 32.1. The summed E-state index contributed by atoms with van der Waals surface area (Å²) in [5.41, 5.74) is 2.97. The van der Waals surface area contributed by atoms with Gasteiger partial charge in [-0.3, -0.25) is 9.59 Å². The summed E-state index contributed by atoms with van der Waals surface area (Å²) < 4.78 is 0. The lowest BCUT2D eigenvalue weighted by atomic mass is 9.99. The standard InChI is InChI=1S/C18H20N2O3S/c1-11-4-3-5-13(6-11)17-19-14(10-24-17)7-16(21)20-8-12(2)15(9-20)18(22)23/h3-6,10,12,15H,7-9H2,1-2H3,(H,22,23)/t12-,15-/m1/s1. The Balaban J connectivity index is 1.67. The van der Waals surface area contributed by atoms with Crippen molar-refractivity contribution in [1.82, 2.24) is 9.88 Å². The van der Waals surface area contributed by atoms with Crippen LogP contribution in [0.2, 0.25) is 0 Å². The third kappa shape index (κ3) is 3.48. The number of hydrogen-bond acceptors (Lipinski definition) is 4. The Morgan fingerprint density at radius 1 is 1.38 bits per heavy atom. The van der Waals surface area contributed by atoms with Gasteiger partial charge >= 0.3 is 5.97 Å². The van der Waals surface area contributed by atoms with Gasteiger partial charge in [0.05, 0.1) is 18.0 Å². The average molecular weight is 344 g/mol. The zero-order valence-corrected chi connectivity index (χ0v) is 14.5. The molecule has 2 atom stereocenters. The van der Waals surface area contributed by atoms with Gasteiger partial charge in [-0.2, -0.15) is 0 Å². The number of hydrogen-bond donors (Lipinski definition) is 1. The lowest BCUT2D eigenvalue weighted by Gasteiger charge is -2.14. The van der Waals surface area contributed by atoms with Crippen LogP contribution in [0, 0.1) is 18.8 Å². The fraction of sp³-hybridized carbons (Fsp3) is 0.389. The minimum Gasteiger partial charge on any atom is -0.481 e. The van der Waals surface area contributed by atoms with E-state index in [0.29, 0.717) is 13.1 Å². The molecule has 2 heterocycles. The monoisotopic (exact) mass is 344 g/mol. The van der Waals surface area contributed by atoms with E-state index in [2.05, 4.69) is 11.1 Å². The van der Waals surface area contributed by atoms with Gasteiger partial charge in [-0.1, -0.05) is 30.7 Å². The summed E-state index contributed by atoms with van der Waals surface area (Å²) in [4.78, 5) is 29.8. The maximum absolute atomic E-state index is 12.4. The van der Waals surface area contributed by atoms with Crippen LogP contribution in [-0.2, 0) is 16.0 Å². The number of benzene rings is 1.